The molecule has 5 aliphatic heterocycles. The van der Waals surface area contributed by atoms with Gasteiger partial charge < -0.3 is 14.7 Å². The third-order valence-electron chi connectivity index (χ3n) is 6.85. The van der Waals surface area contributed by atoms with Gasteiger partial charge in [0.15, 0.2) is 0 Å². The summed E-state index contributed by atoms with van der Waals surface area (Å²) in [6.45, 7) is 8.73. The minimum atomic E-state index is -0.237. The van der Waals surface area contributed by atoms with Gasteiger partial charge in [0.05, 0.1) is 0 Å². The first-order valence-electron chi connectivity index (χ1n) is 10.3. The van der Waals surface area contributed by atoms with E-state index in [2.05, 4.69) is 27.5 Å². The van der Waals surface area contributed by atoms with Gasteiger partial charge in [-0.1, -0.05) is 12.7 Å². The van der Waals surface area contributed by atoms with Crippen LogP contribution in [0, 0.1) is 11.7 Å². The quantitative estimate of drug-likeness (QED) is 0.806. The van der Waals surface area contributed by atoms with Crippen molar-refractivity contribution in [1.29, 1.82) is 0 Å². The van der Waals surface area contributed by atoms with Crippen molar-refractivity contribution in [3.05, 3.63) is 65.7 Å². The minimum absolute atomic E-state index is 0.133. The number of carbonyl (C=O) groups is 1. The number of hydrogen-bond acceptors (Lipinski definition) is 3. The highest BCUT2D eigenvalue weighted by molar-refractivity contribution is 5.99. The Hall–Kier alpha value is -2.40. The van der Waals surface area contributed by atoms with E-state index in [1.807, 2.05) is 0 Å². The van der Waals surface area contributed by atoms with Gasteiger partial charge >= 0.3 is 0 Å². The van der Waals surface area contributed by atoms with Gasteiger partial charge in [0.1, 0.15) is 5.82 Å². The molecule has 6 rings (SSSR count). The monoisotopic (exact) mass is 379 g/mol. The maximum absolute atomic E-state index is 13.5. The SMILES string of the molecule is C=CC1=C2CN(c3ccc(F)cc3)C=C2CCN(C2CN3CCC2CC3)C1=O. The topological polar surface area (TPSA) is 26.8 Å². The maximum Gasteiger partial charge on any atom is 0.254 e. The molecule has 5 aliphatic rings. The maximum atomic E-state index is 13.5. The zero-order valence-corrected chi connectivity index (χ0v) is 16.1. The van der Waals surface area contributed by atoms with E-state index in [-0.39, 0.29) is 11.7 Å². The number of nitrogens with zero attached hydrogens (tertiary/aromatic N) is 3. The third kappa shape index (κ3) is 2.89. The molecule has 0 saturated carbocycles. The van der Waals surface area contributed by atoms with Gasteiger partial charge in [0, 0.05) is 43.1 Å². The molecule has 146 valence electrons. The number of anilines is 1. The van der Waals surface area contributed by atoms with Gasteiger partial charge in [-0.2, -0.15) is 0 Å². The Balaban J connectivity index is 1.43. The molecule has 2 bridgehead atoms. The lowest BCUT2D eigenvalue weighted by atomic mass is 9.83. The first-order valence-corrected chi connectivity index (χ1v) is 10.3. The van der Waals surface area contributed by atoms with Crippen LogP contribution in [0.25, 0.3) is 0 Å². The lowest BCUT2D eigenvalue weighted by Gasteiger charge is -2.49. The van der Waals surface area contributed by atoms with Crippen LogP contribution in [-0.4, -0.2) is 54.5 Å². The number of halogens is 1. The van der Waals surface area contributed by atoms with Crippen LogP contribution in [0.15, 0.2) is 59.8 Å². The van der Waals surface area contributed by atoms with Crippen molar-refractivity contribution < 1.29 is 9.18 Å². The van der Waals surface area contributed by atoms with Crippen LogP contribution in [0.2, 0.25) is 0 Å². The molecular formula is C23H26FN3O. The average molecular weight is 379 g/mol. The molecule has 5 heteroatoms. The Morgan fingerprint density at radius 1 is 1.11 bits per heavy atom. The second-order valence-electron chi connectivity index (χ2n) is 8.31. The zero-order valence-electron chi connectivity index (χ0n) is 16.1. The van der Waals surface area contributed by atoms with E-state index in [9.17, 15) is 9.18 Å². The number of hydrogen-bond donors (Lipinski definition) is 0. The Morgan fingerprint density at radius 3 is 2.50 bits per heavy atom. The number of benzene rings is 1. The van der Waals surface area contributed by atoms with Crippen molar-refractivity contribution in [2.24, 2.45) is 5.92 Å². The molecular weight excluding hydrogens is 353 g/mol. The number of fused-ring (bicyclic) bond motifs is 4. The van der Waals surface area contributed by atoms with Gasteiger partial charge in [0.2, 0.25) is 0 Å². The van der Waals surface area contributed by atoms with Crippen LogP contribution in [-0.2, 0) is 4.79 Å². The largest absolute Gasteiger partial charge is 0.343 e. The molecule has 0 spiro atoms. The molecule has 1 aromatic rings. The third-order valence-corrected chi connectivity index (χ3v) is 6.85. The normalized spacial score (nSPS) is 29.7. The highest BCUT2D eigenvalue weighted by Crippen LogP contribution is 2.37. The van der Waals surface area contributed by atoms with Crippen LogP contribution in [0.5, 0.6) is 0 Å². The Kier molecular flexibility index (Phi) is 4.35. The summed E-state index contributed by atoms with van der Waals surface area (Å²) in [5.74, 6) is 0.528. The predicted octanol–water partition coefficient (Wildman–Crippen LogP) is 3.34. The van der Waals surface area contributed by atoms with Crippen LogP contribution in [0.4, 0.5) is 10.1 Å². The Bertz CT molecular complexity index is 864. The number of amides is 1. The second kappa shape index (κ2) is 6.89. The summed E-state index contributed by atoms with van der Waals surface area (Å²) < 4.78 is 13.3. The first-order chi connectivity index (χ1) is 13.6. The molecule has 1 amide bonds. The van der Waals surface area contributed by atoms with E-state index in [0.29, 0.717) is 18.5 Å². The fraction of sp³-hybridized carbons (Fsp3) is 0.435. The van der Waals surface area contributed by atoms with Gasteiger partial charge in [-0.3, -0.25) is 4.79 Å². The number of carbonyl (C=O) groups excluding carboxylic acids is 1. The molecule has 28 heavy (non-hydrogen) atoms. The van der Waals surface area contributed by atoms with E-state index in [4.69, 9.17) is 0 Å². The number of rotatable bonds is 3. The summed E-state index contributed by atoms with van der Waals surface area (Å²) in [6, 6.07) is 6.86. The highest BCUT2D eigenvalue weighted by Gasteiger charge is 2.41. The molecule has 1 aromatic carbocycles. The molecule has 0 radical (unpaired) electrons. The lowest BCUT2D eigenvalue weighted by molar-refractivity contribution is -0.133. The van der Waals surface area contributed by atoms with Crippen molar-refractivity contribution in [3.8, 4) is 0 Å². The van der Waals surface area contributed by atoms with E-state index in [1.54, 1.807) is 18.2 Å². The molecule has 0 N–H and O–H groups in total. The van der Waals surface area contributed by atoms with Crippen molar-refractivity contribution in [3.63, 3.8) is 0 Å². The van der Waals surface area contributed by atoms with Crippen molar-refractivity contribution in [2.75, 3.05) is 37.6 Å². The van der Waals surface area contributed by atoms with Crippen LogP contribution in [0.3, 0.4) is 0 Å². The lowest BCUT2D eigenvalue weighted by Crippen LogP contribution is -2.58. The molecule has 1 unspecified atom stereocenters. The summed E-state index contributed by atoms with van der Waals surface area (Å²) in [5, 5.41) is 0. The minimum Gasteiger partial charge on any atom is -0.343 e. The molecule has 3 fully saturated rings. The van der Waals surface area contributed by atoms with Gasteiger partial charge in [-0.05, 0) is 73.7 Å². The average Bonchev–Trinajstić information content (AvgIpc) is 3.09. The molecule has 3 saturated heterocycles. The van der Waals surface area contributed by atoms with Crippen LogP contribution < -0.4 is 4.90 Å². The fourth-order valence-corrected chi connectivity index (χ4v) is 5.30. The molecule has 5 heterocycles. The van der Waals surface area contributed by atoms with Gasteiger partial charge in [-0.25, -0.2) is 4.39 Å². The van der Waals surface area contributed by atoms with Crippen LogP contribution in [0.1, 0.15) is 19.3 Å². The smallest absolute Gasteiger partial charge is 0.254 e. The second-order valence-corrected chi connectivity index (χ2v) is 8.31. The summed E-state index contributed by atoms with van der Waals surface area (Å²) in [5.41, 5.74) is 3.97. The summed E-state index contributed by atoms with van der Waals surface area (Å²) in [4.78, 5) is 20.2. The Labute approximate surface area is 165 Å². The van der Waals surface area contributed by atoms with Crippen LogP contribution >= 0.6 is 0 Å². The van der Waals surface area contributed by atoms with Crippen molar-refractivity contribution >= 4 is 11.6 Å². The summed E-state index contributed by atoms with van der Waals surface area (Å²) >= 11 is 0. The highest BCUT2D eigenvalue weighted by atomic mass is 19.1. The van der Waals surface area contributed by atoms with E-state index in [0.717, 1.165) is 36.3 Å². The molecule has 0 aromatic heterocycles. The standard InChI is InChI=1S/C23H26FN3O/c1-2-20-21-14-26(19-5-3-18(24)4-6-19)13-17(21)9-12-27(23(20)28)22-15-25-10-7-16(22)8-11-25/h2-6,13,16,22H,1,7-12,14-15H2. The zero-order chi connectivity index (χ0) is 19.3. The first kappa shape index (κ1) is 17.7. The van der Waals surface area contributed by atoms with Crippen molar-refractivity contribution in [2.45, 2.75) is 25.3 Å². The molecule has 0 aliphatic carbocycles. The van der Waals surface area contributed by atoms with E-state index in [1.165, 1.54) is 43.6 Å². The Morgan fingerprint density at radius 2 is 1.86 bits per heavy atom. The van der Waals surface area contributed by atoms with Gasteiger partial charge in [-0.15, -0.1) is 0 Å². The molecule has 1 atom stereocenters. The predicted molar refractivity (Wildman–Crippen MR) is 108 cm³/mol. The summed E-state index contributed by atoms with van der Waals surface area (Å²) in [7, 11) is 0. The molecule has 4 nitrogen and oxygen atoms in total. The van der Waals surface area contributed by atoms with Crippen molar-refractivity contribution in [1.82, 2.24) is 9.80 Å². The summed E-state index contributed by atoms with van der Waals surface area (Å²) in [6.07, 6.45) is 7.13. The van der Waals surface area contributed by atoms with E-state index < -0.39 is 0 Å². The van der Waals surface area contributed by atoms with Gasteiger partial charge in [0.25, 0.3) is 5.91 Å². The van der Waals surface area contributed by atoms with E-state index >= 15 is 0 Å². The number of piperidine rings is 3. The fourth-order valence-electron chi connectivity index (χ4n) is 5.30.